The van der Waals surface area contributed by atoms with Crippen LogP contribution in [0.1, 0.15) is 10.4 Å². The zero-order chi connectivity index (χ0) is 15.4. The van der Waals surface area contributed by atoms with Crippen molar-refractivity contribution in [1.29, 1.82) is 0 Å². The van der Waals surface area contributed by atoms with Gasteiger partial charge in [-0.05, 0) is 18.2 Å². The number of para-hydroxylation sites is 2. The van der Waals surface area contributed by atoms with Gasteiger partial charge in [-0.15, -0.1) is 11.8 Å². The maximum Gasteiger partial charge on any atom is 0.256 e. The molecule has 4 nitrogen and oxygen atoms in total. The van der Waals surface area contributed by atoms with E-state index in [1.165, 1.54) is 23.5 Å². The van der Waals surface area contributed by atoms with Gasteiger partial charge < -0.3 is 14.3 Å². The van der Waals surface area contributed by atoms with Crippen molar-refractivity contribution in [3.05, 3.63) is 54.1 Å². The van der Waals surface area contributed by atoms with Gasteiger partial charge in [-0.1, -0.05) is 42.1 Å². The van der Waals surface area contributed by atoms with Gasteiger partial charge in [0, 0.05) is 22.0 Å². The number of carboxylic acid groups (broad SMARTS) is 1. The summed E-state index contributed by atoms with van der Waals surface area (Å²) in [5, 5.41) is 11.7. The Morgan fingerprint density at radius 2 is 1.77 bits per heavy atom. The number of aromatic nitrogens is 1. The Bertz CT molecular complexity index is 768. The van der Waals surface area contributed by atoms with Crippen LogP contribution >= 0.6 is 23.5 Å². The Hall–Kier alpha value is -1.92. The molecule has 0 aliphatic heterocycles. The number of hydrogen-bond acceptors (Lipinski definition) is 6. The summed E-state index contributed by atoms with van der Waals surface area (Å²) in [7, 11) is 0. The average Bonchev–Trinajstić information content (AvgIpc) is 2.94. The highest BCUT2D eigenvalue weighted by Gasteiger charge is 2.07. The SMILES string of the molecule is O=C([O-])c1ccccc1SCCSc1nc2ccccc2o1. The van der Waals surface area contributed by atoms with E-state index >= 15 is 0 Å². The van der Waals surface area contributed by atoms with E-state index in [4.69, 9.17) is 4.42 Å². The van der Waals surface area contributed by atoms with Crippen LogP contribution in [0.2, 0.25) is 0 Å². The number of carbonyl (C=O) groups excluding carboxylic acids is 1. The largest absolute Gasteiger partial charge is 0.545 e. The standard InChI is InChI=1S/C16H13NO3S2/c18-15(19)11-5-1-4-8-14(11)21-9-10-22-16-17-12-6-2-3-7-13(12)20-16/h1-8H,9-10H2,(H,18,19)/p-1. The Labute approximate surface area is 135 Å². The summed E-state index contributed by atoms with van der Waals surface area (Å²) in [4.78, 5) is 16.1. The minimum absolute atomic E-state index is 0.236. The van der Waals surface area contributed by atoms with E-state index in [1.807, 2.05) is 30.3 Å². The van der Waals surface area contributed by atoms with Crippen molar-refractivity contribution in [2.45, 2.75) is 10.1 Å². The highest BCUT2D eigenvalue weighted by molar-refractivity contribution is 8.02. The van der Waals surface area contributed by atoms with Crippen molar-refractivity contribution in [2.75, 3.05) is 11.5 Å². The Morgan fingerprint density at radius 1 is 1.05 bits per heavy atom. The van der Waals surface area contributed by atoms with Gasteiger partial charge in [-0.25, -0.2) is 4.98 Å². The first-order valence-corrected chi connectivity index (χ1v) is 8.63. The van der Waals surface area contributed by atoms with Crippen LogP contribution in [-0.4, -0.2) is 22.5 Å². The molecule has 0 unspecified atom stereocenters. The fourth-order valence-corrected chi connectivity index (χ4v) is 3.81. The molecular formula is C16H12NO3S2-. The molecule has 0 bridgehead atoms. The van der Waals surface area contributed by atoms with E-state index in [0.717, 1.165) is 27.5 Å². The summed E-state index contributed by atoms with van der Waals surface area (Å²) in [6.45, 7) is 0. The molecule has 0 atom stereocenters. The van der Waals surface area contributed by atoms with Crippen LogP contribution in [0.5, 0.6) is 0 Å². The lowest BCUT2D eigenvalue weighted by atomic mass is 10.2. The van der Waals surface area contributed by atoms with Crippen LogP contribution in [0.15, 0.2) is 63.1 Å². The van der Waals surface area contributed by atoms with Gasteiger partial charge in [0.2, 0.25) is 0 Å². The van der Waals surface area contributed by atoms with Crippen molar-refractivity contribution in [2.24, 2.45) is 0 Å². The van der Waals surface area contributed by atoms with E-state index < -0.39 is 5.97 Å². The average molecular weight is 330 g/mol. The first-order chi connectivity index (χ1) is 10.7. The second-order valence-corrected chi connectivity index (χ2v) is 6.61. The highest BCUT2D eigenvalue weighted by Crippen LogP contribution is 2.27. The van der Waals surface area contributed by atoms with Gasteiger partial charge in [0.25, 0.3) is 5.22 Å². The van der Waals surface area contributed by atoms with Crippen LogP contribution < -0.4 is 5.11 Å². The fraction of sp³-hybridized carbons (Fsp3) is 0.125. The smallest absolute Gasteiger partial charge is 0.256 e. The third kappa shape index (κ3) is 3.45. The fourth-order valence-electron chi connectivity index (χ4n) is 1.95. The van der Waals surface area contributed by atoms with E-state index in [-0.39, 0.29) is 5.56 Å². The van der Waals surface area contributed by atoms with Crippen molar-refractivity contribution in [3.63, 3.8) is 0 Å². The van der Waals surface area contributed by atoms with Gasteiger partial charge in [-0.2, -0.15) is 0 Å². The zero-order valence-electron chi connectivity index (χ0n) is 11.5. The summed E-state index contributed by atoms with van der Waals surface area (Å²) < 4.78 is 5.62. The Balaban J connectivity index is 1.56. The predicted octanol–water partition coefficient (Wildman–Crippen LogP) is 3.08. The van der Waals surface area contributed by atoms with Gasteiger partial charge in [-0.3, -0.25) is 0 Å². The molecule has 0 aliphatic carbocycles. The molecule has 6 heteroatoms. The van der Waals surface area contributed by atoms with E-state index in [2.05, 4.69) is 4.98 Å². The maximum atomic E-state index is 11.0. The van der Waals surface area contributed by atoms with Crippen LogP contribution in [0, 0.1) is 0 Å². The molecule has 0 fully saturated rings. The lowest BCUT2D eigenvalue weighted by Crippen LogP contribution is -2.22. The van der Waals surface area contributed by atoms with Crippen molar-refractivity contribution in [3.8, 4) is 0 Å². The minimum Gasteiger partial charge on any atom is -0.545 e. The first-order valence-electron chi connectivity index (χ1n) is 6.65. The molecule has 0 radical (unpaired) electrons. The Kier molecular flexibility index (Phi) is 4.70. The number of oxazole rings is 1. The van der Waals surface area contributed by atoms with Crippen LogP contribution in [0.25, 0.3) is 11.1 Å². The summed E-state index contributed by atoms with van der Waals surface area (Å²) in [6.07, 6.45) is 0. The topological polar surface area (TPSA) is 66.2 Å². The summed E-state index contributed by atoms with van der Waals surface area (Å²) >= 11 is 3.01. The molecule has 0 N–H and O–H groups in total. The van der Waals surface area contributed by atoms with Gasteiger partial charge in [0.05, 0.1) is 5.97 Å². The van der Waals surface area contributed by atoms with Crippen molar-refractivity contribution >= 4 is 40.6 Å². The molecule has 22 heavy (non-hydrogen) atoms. The predicted molar refractivity (Wildman–Crippen MR) is 86.2 cm³/mol. The number of nitrogens with zero attached hydrogens (tertiary/aromatic N) is 1. The second-order valence-electron chi connectivity index (χ2n) is 4.43. The zero-order valence-corrected chi connectivity index (χ0v) is 13.2. The highest BCUT2D eigenvalue weighted by atomic mass is 32.2. The van der Waals surface area contributed by atoms with Crippen LogP contribution in [0.3, 0.4) is 0 Å². The van der Waals surface area contributed by atoms with Gasteiger partial charge >= 0.3 is 0 Å². The number of carbonyl (C=O) groups is 1. The van der Waals surface area contributed by atoms with Gasteiger partial charge in [0.15, 0.2) is 5.58 Å². The molecule has 112 valence electrons. The first kappa shape index (κ1) is 15.0. The van der Waals surface area contributed by atoms with E-state index in [0.29, 0.717) is 5.22 Å². The summed E-state index contributed by atoms with van der Waals surface area (Å²) in [5.41, 5.74) is 1.86. The summed E-state index contributed by atoms with van der Waals surface area (Å²) in [5.74, 6) is 0.390. The Morgan fingerprint density at radius 3 is 2.59 bits per heavy atom. The van der Waals surface area contributed by atoms with Crippen molar-refractivity contribution in [1.82, 2.24) is 4.98 Å². The molecule has 0 spiro atoms. The molecular weight excluding hydrogens is 318 g/mol. The lowest BCUT2D eigenvalue weighted by Gasteiger charge is -2.08. The number of carboxylic acids is 1. The maximum absolute atomic E-state index is 11.0. The number of benzene rings is 2. The monoisotopic (exact) mass is 330 g/mol. The quantitative estimate of drug-likeness (QED) is 0.511. The molecule has 1 heterocycles. The third-order valence-electron chi connectivity index (χ3n) is 2.95. The van der Waals surface area contributed by atoms with E-state index in [1.54, 1.807) is 18.2 Å². The number of rotatable bonds is 6. The number of aromatic carboxylic acids is 1. The van der Waals surface area contributed by atoms with Gasteiger partial charge in [0.1, 0.15) is 5.52 Å². The second kappa shape index (κ2) is 6.89. The summed E-state index contributed by atoms with van der Waals surface area (Å²) in [6, 6.07) is 14.5. The molecule has 0 aliphatic rings. The van der Waals surface area contributed by atoms with Crippen LogP contribution in [0.4, 0.5) is 0 Å². The van der Waals surface area contributed by atoms with Crippen molar-refractivity contribution < 1.29 is 14.3 Å². The molecule has 0 saturated heterocycles. The molecule has 3 aromatic rings. The molecule has 1 aromatic heterocycles. The van der Waals surface area contributed by atoms with E-state index in [9.17, 15) is 9.90 Å². The number of thioether (sulfide) groups is 2. The normalized spacial score (nSPS) is 10.9. The minimum atomic E-state index is -1.14. The lowest BCUT2D eigenvalue weighted by molar-refractivity contribution is -0.255. The number of hydrogen-bond donors (Lipinski definition) is 0. The molecule has 2 aromatic carbocycles. The molecule has 0 amide bonds. The third-order valence-corrected chi connectivity index (χ3v) is 5.11. The van der Waals surface area contributed by atoms with Crippen LogP contribution in [-0.2, 0) is 0 Å². The molecule has 0 saturated carbocycles. The number of fused-ring (bicyclic) bond motifs is 1. The molecule has 3 rings (SSSR count).